The van der Waals surface area contributed by atoms with Crippen molar-refractivity contribution in [3.05, 3.63) is 52.6 Å². The molecule has 0 spiro atoms. The van der Waals surface area contributed by atoms with Gasteiger partial charge in [-0.15, -0.1) is 0 Å². The maximum absolute atomic E-state index is 12.5. The predicted octanol–water partition coefficient (Wildman–Crippen LogP) is 4.49. The second-order valence-corrected chi connectivity index (χ2v) is 7.33. The minimum absolute atomic E-state index is 0.0613. The maximum atomic E-state index is 12.5. The molecule has 1 unspecified atom stereocenters. The van der Waals surface area contributed by atoms with E-state index in [0.29, 0.717) is 18.0 Å². The lowest BCUT2D eigenvalue weighted by atomic mass is 10.1. The van der Waals surface area contributed by atoms with Gasteiger partial charge < -0.3 is 19.5 Å². The number of hydrogen-bond acceptors (Lipinski definition) is 4. The number of carbonyl (C=O) groups is 1. The van der Waals surface area contributed by atoms with Gasteiger partial charge in [-0.3, -0.25) is 4.79 Å². The highest BCUT2D eigenvalue weighted by Crippen LogP contribution is 2.29. The summed E-state index contributed by atoms with van der Waals surface area (Å²) in [6, 6.07) is 9.72. The molecule has 1 N–H and O–H groups in total. The molecular weight excluding hydrogens is 354 g/mol. The molecule has 1 atom stereocenters. The van der Waals surface area contributed by atoms with Gasteiger partial charge in [0.05, 0.1) is 13.2 Å². The minimum atomic E-state index is -0.592. The summed E-state index contributed by atoms with van der Waals surface area (Å²) in [6.07, 6.45) is -0.531. The molecule has 0 saturated heterocycles. The predicted molar refractivity (Wildman–Crippen MR) is 111 cm³/mol. The van der Waals surface area contributed by atoms with Gasteiger partial charge in [-0.25, -0.2) is 0 Å². The Balaban J connectivity index is 2.00. The van der Waals surface area contributed by atoms with Gasteiger partial charge in [0.2, 0.25) is 0 Å². The lowest BCUT2D eigenvalue weighted by Gasteiger charge is -2.18. The topological polar surface area (TPSA) is 56.8 Å². The zero-order valence-electron chi connectivity index (χ0n) is 17.9. The van der Waals surface area contributed by atoms with Crippen LogP contribution >= 0.6 is 0 Å². The molecule has 5 nitrogen and oxygen atoms in total. The molecule has 0 saturated carbocycles. The Bertz CT molecular complexity index is 830. The summed E-state index contributed by atoms with van der Waals surface area (Å²) in [5.74, 6) is 1.92. The average molecular weight is 386 g/mol. The van der Waals surface area contributed by atoms with Crippen molar-refractivity contribution in [3.63, 3.8) is 0 Å². The van der Waals surface area contributed by atoms with Gasteiger partial charge in [-0.1, -0.05) is 12.1 Å². The summed E-state index contributed by atoms with van der Waals surface area (Å²) in [7, 11) is 1.60. The van der Waals surface area contributed by atoms with E-state index in [1.165, 1.54) is 0 Å². The van der Waals surface area contributed by atoms with Gasteiger partial charge >= 0.3 is 0 Å². The number of ether oxygens (including phenoxy) is 3. The number of carbonyl (C=O) groups excluding carboxylic acids is 1. The van der Waals surface area contributed by atoms with Crippen LogP contribution in [0.2, 0.25) is 0 Å². The molecule has 5 heteroatoms. The third-order valence-corrected chi connectivity index (χ3v) is 4.49. The zero-order valence-corrected chi connectivity index (χ0v) is 17.9. The van der Waals surface area contributed by atoms with Gasteiger partial charge in [0.15, 0.2) is 17.6 Å². The third-order valence-electron chi connectivity index (χ3n) is 4.49. The minimum Gasteiger partial charge on any atom is -0.493 e. The molecule has 2 rings (SSSR count). The first-order valence-corrected chi connectivity index (χ1v) is 9.57. The smallest absolute Gasteiger partial charge is 0.261 e. The molecule has 0 radical (unpaired) electrons. The third kappa shape index (κ3) is 5.65. The van der Waals surface area contributed by atoms with Gasteiger partial charge in [-0.05, 0) is 82.0 Å². The molecule has 152 valence electrons. The fraction of sp³-hybridized carbons (Fsp3) is 0.435. The second-order valence-electron chi connectivity index (χ2n) is 7.33. The number of rotatable bonds is 8. The largest absolute Gasteiger partial charge is 0.493 e. The Labute approximate surface area is 168 Å². The van der Waals surface area contributed by atoms with Crippen LogP contribution in [0, 0.1) is 20.8 Å². The van der Waals surface area contributed by atoms with E-state index in [9.17, 15) is 4.79 Å². The van der Waals surface area contributed by atoms with Crippen molar-refractivity contribution in [3.8, 4) is 17.2 Å². The molecule has 2 aromatic rings. The summed E-state index contributed by atoms with van der Waals surface area (Å²) < 4.78 is 17.0. The molecule has 2 aromatic carbocycles. The van der Waals surface area contributed by atoms with Crippen molar-refractivity contribution in [2.24, 2.45) is 0 Å². The van der Waals surface area contributed by atoms with Gasteiger partial charge in [0.1, 0.15) is 5.75 Å². The normalized spacial score (nSPS) is 11.9. The fourth-order valence-corrected chi connectivity index (χ4v) is 2.87. The van der Waals surface area contributed by atoms with Crippen LogP contribution in [-0.4, -0.2) is 25.2 Å². The van der Waals surface area contributed by atoms with E-state index >= 15 is 0 Å². The highest BCUT2D eigenvalue weighted by Gasteiger charge is 2.17. The lowest BCUT2D eigenvalue weighted by molar-refractivity contribution is -0.127. The van der Waals surface area contributed by atoms with Crippen molar-refractivity contribution < 1.29 is 19.0 Å². The molecule has 0 aliphatic carbocycles. The highest BCUT2D eigenvalue weighted by molar-refractivity contribution is 5.80. The molecule has 0 fully saturated rings. The SMILES string of the molecule is COc1cc(CNC(=O)C(C)Oc2cc(C)cc(C)c2C)ccc1OC(C)C. The maximum Gasteiger partial charge on any atom is 0.261 e. The van der Waals surface area contributed by atoms with E-state index in [1.807, 2.05) is 58.9 Å². The molecule has 1 amide bonds. The quantitative estimate of drug-likeness (QED) is 0.727. The van der Waals surface area contributed by atoms with Crippen LogP contribution in [0.3, 0.4) is 0 Å². The van der Waals surface area contributed by atoms with Crippen LogP contribution in [0.15, 0.2) is 30.3 Å². The summed E-state index contributed by atoms with van der Waals surface area (Å²) in [5.41, 5.74) is 4.24. The monoisotopic (exact) mass is 385 g/mol. The zero-order chi connectivity index (χ0) is 20.8. The molecule has 0 heterocycles. The fourth-order valence-electron chi connectivity index (χ4n) is 2.87. The van der Waals surface area contributed by atoms with Crippen molar-refractivity contribution in [2.45, 2.75) is 60.3 Å². The Hall–Kier alpha value is -2.69. The van der Waals surface area contributed by atoms with Gasteiger partial charge in [-0.2, -0.15) is 0 Å². The molecule has 0 bridgehead atoms. The molecule has 28 heavy (non-hydrogen) atoms. The Kier molecular flexibility index (Phi) is 7.32. The second kappa shape index (κ2) is 9.49. The van der Waals surface area contributed by atoms with Crippen molar-refractivity contribution in [2.75, 3.05) is 7.11 Å². The first-order chi connectivity index (χ1) is 13.2. The summed E-state index contributed by atoms with van der Waals surface area (Å²) in [5, 5.41) is 2.92. The molecule has 0 aliphatic rings. The van der Waals surface area contributed by atoms with Crippen LogP contribution < -0.4 is 19.5 Å². The average Bonchev–Trinajstić information content (AvgIpc) is 2.64. The van der Waals surface area contributed by atoms with Gasteiger partial charge in [0, 0.05) is 6.54 Å². The van der Waals surface area contributed by atoms with E-state index in [4.69, 9.17) is 14.2 Å². The molecular formula is C23H31NO4. The van der Waals surface area contributed by atoms with E-state index in [0.717, 1.165) is 28.0 Å². The van der Waals surface area contributed by atoms with E-state index in [1.54, 1.807) is 14.0 Å². The Morgan fingerprint density at radius 2 is 1.68 bits per heavy atom. The number of nitrogens with one attached hydrogen (secondary N) is 1. The van der Waals surface area contributed by atoms with Crippen LogP contribution in [0.4, 0.5) is 0 Å². The summed E-state index contributed by atoms with van der Waals surface area (Å²) >= 11 is 0. The highest BCUT2D eigenvalue weighted by atomic mass is 16.5. The summed E-state index contributed by atoms with van der Waals surface area (Å²) in [4.78, 5) is 12.5. The molecule has 0 aliphatic heterocycles. The van der Waals surface area contributed by atoms with Crippen molar-refractivity contribution in [1.82, 2.24) is 5.32 Å². The Morgan fingerprint density at radius 1 is 0.964 bits per heavy atom. The first kappa shape index (κ1) is 21.6. The van der Waals surface area contributed by atoms with Crippen LogP contribution in [0.25, 0.3) is 0 Å². The van der Waals surface area contributed by atoms with Crippen molar-refractivity contribution in [1.29, 1.82) is 0 Å². The first-order valence-electron chi connectivity index (χ1n) is 9.57. The molecule has 0 aromatic heterocycles. The standard InChI is InChI=1S/C23H31NO4/c1-14(2)27-20-9-8-19(12-22(20)26-7)13-24-23(25)18(6)28-21-11-15(3)10-16(4)17(21)5/h8-12,14,18H,13H2,1-7H3,(H,24,25). The van der Waals surface area contributed by atoms with Gasteiger partial charge in [0.25, 0.3) is 5.91 Å². The number of hydrogen-bond donors (Lipinski definition) is 1. The lowest BCUT2D eigenvalue weighted by Crippen LogP contribution is -2.36. The van der Waals surface area contributed by atoms with E-state index in [2.05, 4.69) is 11.4 Å². The van der Waals surface area contributed by atoms with Crippen LogP contribution in [0.1, 0.15) is 43.0 Å². The van der Waals surface area contributed by atoms with Crippen molar-refractivity contribution >= 4 is 5.91 Å². The van der Waals surface area contributed by atoms with E-state index in [-0.39, 0.29) is 12.0 Å². The van der Waals surface area contributed by atoms with Crippen LogP contribution in [0.5, 0.6) is 17.2 Å². The number of aryl methyl sites for hydroxylation is 2. The number of benzene rings is 2. The van der Waals surface area contributed by atoms with Crippen LogP contribution in [-0.2, 0) is 11.3 Å². The van der Waals surface area contributed by atoms with E-state index < -0.39 is 6.10 Å². The number of methoxy groups -OCH3 is 1. The summed E-state index contributed by atoms with van der Waals surface area (Å²) in [6.45, 7) is 12.1. The number of amides is 1. The Morgan fingerprint density at radius 3 is 2.32 bits per heavy atom.